The maximum atomic E-state index is 12.2. The average Bonchev–Trinajstić information content (AvgIpc) is 2.46. The molecule has 0 spiro atoms. The molecule has 0 amide bonds. The molecule has 0 aliphatic carbocycles. The van der Waals surface area contributed by atoms with Crippen molar-refractivity contribution >= 4 is 16.0 Å². The molecule has 1 atom stereocenters. The van der Waals surface area contributed by atoms with E-state index in [1.165, 1.54) is 6.07 Å². The molecule has 2 N–H and O–H groups in total. The van der Waals surface area contributed by atoms with E-state index in [1.807, 2.05) is 0 Å². The van der Waals surface area contributed by atoms with Crippen molar-refractivity contribution in [3.05, 3.63) is 23.8 Å². The number of phenols is 1. The SMILES string of the molecule is C#CCC(CC)NS(=O)(=O)c1ccc(O)c(C(=O)OC)c1. The summed E-state index contributed by atoms with van der Waals surface area (Å²) in [4.78, 5) is 11.3. The number of aromatic hydroxyl groups is 1. The molecule has 21 heavy (non-hydrogen) atoms. The van der Waals surface area contributed by atoms with Crippen molar-refractivity contribution in [2.45, 2.75) is 30.7 Å². The fourth-order valence-electron chi connectivity index (χ4n) is 1.65. The molecule has 0 fully saturated rings. The smallest absolute Gasteiger partial charge is 0.341 e. The Bertz CT molecular complexity index is 660. The molecule has 0 heterocycles. The van der Waals surface area contributed by atoms with Gasteiger partial charge < -0.3 is 9.84 Å². The Morgan fingerprint density at radius 3 is 2.71 bits per heavy atom. The molecule has 0 saturated carbocycles. The number of hydrogen-bond donors (Lipinski definition) is 2. The van der Waals surface area contributed by atoms with E-state index in [0.717, 1.165) is 19.2 Å². The number of hydrogen-bond acceptors (Lipinski definition) is 5. The lowest BCUT2D eigenvalue weighted by Gasteiger charge is -2.15. The molecule has 1 unspecified atom stereocenters. The predicted octanol–water partition coefficient (Wildman–Crippen LogP) is 1.26. The highest BCUT2D eigenvalue weighted by Crippen LogP contribution is 2.22. The Morgan fingerprint density at radius 2 is 2.19 bits per heavy atom. The van der Waals surface area contributed by atoms with Gasteiger partial charge in [0.1, 0.15) is 11.3 Å². The summed E-state index contributed by atoms with van der Waals surface area (Å²) in [6.07, 6.45) is 5.98. The van der Waals surface area contributed by atoms with E-state index < -0.39 is 22.0 Å². The number of nitrogens with one attached hydrogen (secondary N) is 1. The van der Waals surface area contributed by atoms with Crippen molar-refractivity contribution in [2.24, 2.45) is 0 Å². The van der Waals surface area contributed by atoms with Gasteiger partial charge in [-0.1, -0.05) is 6.92 Å². The number of esters is 1. The lowest BCUT2D eigenvalue weighted by molar-refractivity contribution is 0.0597. The third-order valence-corrected chi connectivity index (χ3v) is 4.38. The van der Waals surface area contributed by atoms with Crippen LogP contribution < -0.4 is 4.72 Å². The van der Waals surface area contributed by atoms with Gasteiger partial charge in [-0.3, -0.25) is 0 Å². The van der Waals surface area contributed by atoms with Crippen LogP contribution in [-0.4, -0.2) is 32.6 Å². The van der Waals surface area contributed by atoms with Crippen molar-refractivity contribution in [3.63, 3.8) is 0 Å². The Hall–Kier alpha value is -2.04. The number of methoxy groups -OCH3 is 1. The zero-order valence-electron chi connectivity index (χ0n) is 11.8. The molecule has 0 radical (unpaired) electrons. The molecule has 0 aliphatic rings. The van der Waals surface area contributed by atoms with E-state index in [4.69, 9.17) is 6.42 Å². The summed E-state index contributed by atoms with van der Waals surface area (Å²) >= 11 is 0. The lowest BCUT2D eigenvalue weighted by Crippen LogP contribution is -2.34. The highest BCUT2D eigenvalue weighted by atomic mass is 32.2. The third-order valence-electron chi connectivity index (χ3n) is 2.86. The molecule has 0 aliphatic heterocycles. The Morgan fingerprint density at radius 1 is 1.52 bits per heavy atom. The van der Waals surface area contributed by atoms with E-state index in [9.17, 15) is 18.3 Å². The number of ether oxygens (including phenoxy) is 1. The van der Waals surface area contributed by atoms with E-state index in [1.54, 1.807) is 6.92 Å². The number of carbonyl (C=O) groups is 1. The quantitative estimate of drug-likeness (QED) is 0.609. The van der Waals surface area contributed by atoms with Crippen molar-refractivity contribution < 1.29 is 23.1 Å². The van der Waals surface area contributed by atoms with Crippen LogP contribution in [0.3, 0.4) is 0 Å². The summed E-state index contributed by atoms with van der Waals surface area (Å²) in [5.41, 5.74) is -0.217. The average molecular weight is 311 g/mol. The molecule has 7 heteroatoms. The number of rotatable bonds is 6. The van der Waals surface area contributed by atoms with E-state index >= 15 is 0 Å². The van der Waals surface area contributed by atoms with Gasteiger partial charge in [-0.05, 0) is 24.6 Å². The maximum absolute atomic E-state index is 12.2. The minimum absolute atomic E-state index is 0.142. The fourth-order valence-corrected chi connectivity index (χ4v) is 3.00. The monoisotopic (exact) mass is 311 g/mol. The minimum atomic E-state index is -3.84. The first-order valence-electron chi connectivity index (χ1n) is 6.22. The predicted molar refractivity (Wildman–Crippen MR) is 77.3 cm³/mol. The van der Waals surface area contributed by atoms with Gasteiger partial charge in [0.15, 0.2) is 0 Å². The number of carbonyl (C=O) groups excluding carboxylic acids is 1. The second-order valence-corrected chi connectivity index (χ2v) is 6.02. The van der Waals surface area contributed by atoms with Crippen LogP contribution in [0, 0.1) is 12.3 Å². The van der Waals surface area contributed by atoms with Crippen LogP contribution in [-0.2, 0) is 14.8 Å². The van der Waals surface area contributed by atoms with Gasteiger partial charge in [0.25, 0.3) is 0 Å². The molecule has 0 saturated heterocycles. The van der Waals surface area contributed by atoms with Crippen molar-refractivity contribution in [1.29, 1.82) is 0 Å². The maximum Gasteiger partial charge on any atom is 0.341 e. The van der Waals surface area contributed by atoms with Crippen LogP contribution in [0.1, 0.15) is 30.1 Å². The van der Waals surface area contributed by atoms with E-state index in [0.29, 0.717) is 6.42 Å². The standard InChI is InChI=1S/C14H17NO5S/c1-4-6-10(5-2)15-21(18,19)11-7-8-13(16)12(9-11)14(17)20-3/h1,7-10,15-16H,5-6H2,2-3H3. The second kappa shape index (κ2) is 7.11. The topological polar surface area (TPSA) is 92.7 Å². The van der Waals surface area contributed by atoms with Crippen LogP contribution in [0.2, 0.25) is 0 Å². The first-order valence-corrected chi connectivity index (χ1v) is 7.71. The van der Waals surface area contributed by atoms with Crippen molar-refractivity contribution in [3.8, 4) is 18.1 Å². The zero-order chi connectivity index (χ0) is 16.0. The Balaban J connectivity index is 3.15. The molecule has 114 valence electrons. The van der Waals surface area contributed by atoms with Gasteiger partial charge in [-0.15, -0.1) is 12.3 Å². The summed E-state index contributed by atoms with van der Waals surface area (Å²) < 4.78 is 31.4. The third kappa shape index (κ3) is 4.21. The van der Waals surface area contributed by atoms with Crippen LogP contribution >= 0.6 is 0 Å². The van der Waals surface area contributed by atoms with Crippen molar-refractivity contribution in [2.75, 3.05) is 7.11 Å². The molecular weight excluding hydrogens is 294 g/mol. The Kier molecular flexibility index (Phi) is 5.76. The molecule has 0 bridgehead atoms. The molecule has 6 nitrogen and oxygen atoms in total. The van der Waals surface area contributed by atoms with E-state index in [-0.39, 0.29) is 22.6 Å². The van der Waals surface area contributed by atoms with Crippen LogP contribution in [0.4, 0.5) is 0 Å². The highest BCUT2D eigenvalue weighted by Gasteiger charge is 2.22. The summed E-state index contributed by atoms with van der Waals surface area (Å²) in [5, 5.41) is 9.57. The van der Waals surface area contributed by atoms with Crippen molar-refractivity contribution in [1.82, 2.24) is 4.72 Å². The van der Waals surface area contributed by atoms with Gasteiger partial charge in [0.2, 0.25) is 10.0 Å². The van der Waals surface area contributed by atoms with Crippen LogP contribution in [0.25, 0.3) is 0 Å². The van der Waals surface area contributed by atoms with Gasteiger partial charge in [-0.25, -0.2) is 17.9 Å². The minimum Gasteiger partial charge on any atom is -0.507 e. The summed E-state index contributed by atoms with van der Waals surface area (Å²) in [6.45, 7) is 1.81. The number of terminal acetylenes is 1. The highest BCUT2D eigenvalue weighted by molar-refractivity contribution is 7.89. The number of benzene rings is 1. The molecule has 0 aromatic heterocycles. The number of phenolic OH excluding ortho intramolecular Hbond substituents is 1. The molecule has 1 aromatic carbocycles. The largest absolute Gasteiger partial charge is 0.507 e. The normalized spacial score (nSPS) is 12.4. The second-order valence-electron chi connectivity index (χ2n) is 4.31. The fraction of sp³-hybridized carbons (Fsp3) is 0.357. The zero-order valence-corrected chi connectivity index (χ0v) is 12.6. The molecule has 1 rings (SSSR count). The first kappa shape index (κ1) is 17.0. The first-order chi connectivity index (χ1) is 9.85. The molecular formula is C14H17NO5S. The summed E-state index contributed by atoms with van der Waals surface area (Å²) in [5.74, 6) is 1.23. The Labute approximate surface area is 124 Å². The van der Waals surface area contributed by atoms with Crippen LogP contribution in [0.5, 0.6) is 5.75 Å². The molecule has 1 aromatic rings. The van der Waals surface area contributed by atoms with E-state index in [2.05, 4.69) is 15.4 Å². The van der Waals surface area contributed by atoms with Gasteiger partial charge >= 0.3 is 5.97 Å². The van der Waals surface area contributed by atoms with Crippen LogP contribution in [0.15, 0.2) is 23.1 Å². The summed E-state index contributed by atoms with van der Waals surface area (Å²) in [7, 11) is -2.70. The van der Waals surface area contributed by atoms with Gasteiger partial charge in [0, 0.05) is 12.5 Å². The lowest BCUT2D eigenvalue weighted by atomic mass is 10.2. The van der Waals surface area contributed by atoms with Gasteiger partial charge in [-0.2, -0.15) is 0 Å². The number of sulfonamides is 1. The summed E-state index contributed by atoms with van der Waals surface area (Å²) in [6, 6.07) is 3.00. The van der Waals surface area contributed by atoms with Gasteiger partial charge in [0.05, 0.1) is 12.0 Å².